The predicted octanol–water partition coefficient (Wildman–Crippen LogP) is 3.93. The average molecular weight is 424 g/mol. The summed E-state index contributed by atoms with van der Waals surface area (Å²) in [6, 6.07) is 10.5. The lowest BCUT2D eigenvalue weighted by Crippen LogP contribution is -2.36. The Kier molecular flexibility index (Phi) is 6.89. The van der Waals surface area contributed by atoms with Gasteiger partial charge in [-0.3, -0.25) is 4.79 Å². The molecule has 1 saturated heterocycles. The molecule has 7 nitrogen and oxygen atoms in total. The molecule has 2 fully saturated rings. The summed E-state index contributed by atoms with van der Waals surface area (Å²) in [6.45, 7) is 3.97. The highest BCUT2D eigenvalue weighted by Gasteiger charge is 2.24. The molecule has 2 aromatic rings. The molecule has 0 unspecified atom stereocenters. The van der Waals surface area contributed by atoms with Gasteiger partial charge in [0.15, 0.2) is 0 Å². The van der Waals surface area contributed by atoms with Crippen LogP contribution in [0.3, 0.4) is 0 Å². The highest BCUT2D eigenvalue weighted by atomic mass is 16.5. The van der Waals surface area contributed by atoms with Crippen molar-refractivity contribution in [3.8, 4) is 5.75 Å². The number of benzene rings is 1. The summed E-state index contributed by atoms with van der Waals surface area (Å²) in [4.78, 5) is 23.7. The van der Waals surface area contributed by atoms with E-state index in [1.54, 1.807) is 13.4 Å². The summed E-state index contributed by atoms with van der Waals surface area (Å²) in [5.41, 5.74) is 1.08. The van der Waals surface area contributed by atoms with Crippen LogP contribution >= 0.6 is 0 Å². The summed E-state index contributed by atoms with van der Waals surface area (Å²) < 4.78 is 5.20. The number of carbonyl (C=O) groups is 1. The van der Waals surface area contributed by atoms with Crippen LogP contribution in [0.1, 0.15) is 57.1 Å². The van der Waals surface area contributed by atoms with Crippen LogP contribution in [-0.4, -0.2) is 42.1 Å². The number of aromatic nitrogens is 2. The molecule has 2 aliphatic rings. The van der Waals surface area contributed by atoms with Gasteiger partial charge in [-0.15, -0.1) is 0 Å². The first kappa shape index (κ1) is 21.4. The third kappa shape index (κ3) is 6.09. The van der Waals surface area contributed by atoms with Gasteiger partial charge in [-0.2, -0.15) is 0 Å². The number of anilines is 2. The van der Waals surface area contributed by atoms with Crippen LogP contribution in [0.4, 0.5) is 11.6 Å². The van der Waals surface area contributed by atoms with Crippen LogP contribution in [0.15, 0.2) is 36.7 Å². The van der Waals surface area contributed by atoms with Gasteiger partial charge >= 0.3 is 0 Å². The number of piperidine rings is 1. The lowest BCUT2D eigenvalue weighted by atomic mass is 9.93. The first-order valence-corrected chi connectivity index (χ1v) is 11.4. The molecule has 7 heteroatoms. The Morgan fingerprint density at radius 2 is 2.03 bits per heavy atom. The summed E-state index contributed by atoms with van der Waals surface area (Å²) >= 11 is 0. The van der Waals surface area contributed by atoms with Crippen molar-refractivity contribution in [2.24, 2.45) is 5.92 Å². The third-order valence-corrected chi connectivity index (χ3v) is 6.20. The van der Waals surface area contributed by atoms with Gasteiger partial charge in [0.2, 0.25) is 5.91 Å². The van der Waals surface area contributed by atoms with Crippen LogP contribution in [0.5, 0.6) is 5.75 Å². The van der Waals surface area contributed by atoms with Crippen molar-refractivity contribution in [1.82, 2.24) is 15.3 Å². The second-order valence-electron chi connectivity index (χ2n) is 8.74. The standard InChI is InChI=1S/C24H33N5O2/c1-17(19-6-10-21(31-2)11-7-19)27-24(30)12-5-18-4-3-13-29(15-18)23-14-22(25-16-26-23)28-20-8-9-20/h6-7,10-11,14,16-18,20H,3-5,8-9,12-13,15H2,1-2H3,(H,27,30)(H,25,26,28)/t17-,18+/m1/s1. The Morgan fingerprint density at radius 1 is 1.23 bits per heavy atom. The second kappa shape index (κ2) is 9.98. The van der Waals surface area contributed by atoms with Gasteiger partial charge in [0.25, 0.3) is 0 Å². The van der Waals surface area contributed by atoms with Crippen molar-refractivity contribution in [1.29, 1.82) is 0 Å². The number of hydrogen-bond acceptors (Lipinski definition) is 6. The van der Waals surface area contributed by atoms with Crippen molar-refractivity contribution in [3.63, 3.8) is 0 Å². The van der Waals surface area contributed by atoms with Crippen LogP contribution in [0.25, 0.3) is 0 Å². The highest BCUT2D eigenvalue weighted by Crippen LogP contribution is 2.28. The molecule has 1 aliphatic carbocycles. The maximum atomic E-state index is 12.5. The number of hydrogen-bond donors (Lipinski definition) is 2. The maximum absolute atomic E-state index is 12.5. The smallest absolute Gasteiger partial charge is 0.220 e. The quantitative estimate of drug-likeness (QED) is 0.636. The number of methoxy groups -OCH3 is 1. The van der Waals surface area contributed by atoms with Crippen LogP contribution in [-0.2, 0) is 4.79 Å². The molecule has 31 heavy (non-hydrogen) atoms. The average Bonchev–Trinajstić information content (AvgIpc) is 3.62. The van der Waals surface area contributed by atoms with E-state index in [-0.39, 0.29) is 11.9 Å². The number of nitrogens with one attached hydrogen (secondary N) is 2. The number of carbonyl (C=O) groups excluding carboxylic acids is 1. The molecule has 0 spiro atoms. The minimum absolute atomic E-state index is 0.0142. The lowest BCUT2D eigenvalue weighted by molar-refractivity contribution is -0.122. The zero-order chi connectivity index (χ0) is 21.6. The van der Waals surface area contributed by atoms with Crippen LogP contribution < -0.4 is 20.3 Å². The minimum atomic E-state index is -0.0142. The summed E-state index contributed by atoms with van der Waals surface area (Å²) in [7, 11) is 1.65. The molecule has 166 valence electrons. The molecule has 2 atom stereocenters. The van der Waals surface area contributed by atoms with Crippen LogP contribution in [0.2, 0.25) is 0 Å². The first-order valence-electron chi connectivity index (χ1n) is 11.4. The van der Waals surface area contributed by atoms with Gasteiger partial charge in [-0.05, 0) is 62.6 Å². The molecule has 1 aromatic heterocycles. The third-order valence-electron chi connectivity index (χ3n) is 6.20. The van der Waals surface area contributed by atoms with Crippen molar-refractivity contribution in [2.75, 3.05) is 30.4 Å². The fraction of sp³-hybridized carbons (Fsp3) is 0.542. The topological polar surface area (TPSA) is 79.4 Å². The zero-order valence-corrected chi connectivity index (χ0v) is 18.5. The van der Waals surface area contributed by atoms with Crippen LogP contribution in [0, 0.1) is 5.92 Å². The Bertz CT molecular complexity index is 869. The zero-order valence-electron chi connectivity index (χ0n) is 18.5. The van der Waals surface area contributed by atoms with E-state index in [0.29, 0.717) is 18.4 Å². The van der Waals surface area contributed by atoms with Gasteiger partial charge in [0.05, 0.1) is 13.2 Å². The number of nitrogens with zero attached hydrogens (tertiary/aromatic N) is 3. The van der Waals surface area contributed by atoms with Gasteiger partial charge in [-0.25, -0.2) is 9.97 Å². The predicted molar refractivity (Wildman–Crippen MR) is 122 cm³/mol. The number of ether oxygens (including phenoxy) is 1. The molecule has 1 saturated carbocycles. The van der Waals surface area contributed by atoms with Gasteiger partial charge in [-0.1, -0.05) is 12.1 Å². The Labute approximate surface area is 184 Å². The summed E-state index contributed by atoms with van der Waals surface area (Å²) in [6.07, 6.45) is 7.85. The second-order valence-corrected chi connectivity index (χ2v) is 8.74. The monoisotopic (exact) mass is 423 g/mol. The molecular formula is C24H33N5O2. The maximum Gasteiger partial charge on any atom is 0.220 e. The van der Waals surface area contributed by atoms with E-state index in [1.807, 2.05) is 31.2 Å². The van der Waals surface area contributed by atoms with Gasteiger partial charge in [0, 0.05) is 31.6 Å². The molecular weight excluding hydrogens is 390 g/mol. The van der Waals surface area contributed by atoms with E-state index >= 15 is 0 Å². The fourth-order valence-corrected chi connectivity index (χ4v) is 4.17. The summed E-state index contributed by atoms with van der Waals surface area (Å²) in [5.74, 6) is 3.34. The van der Waals surface area contributed by atoms with Gasteiger partial charge < -0.3 is 20.3 Å². The fourth-order valence-electron chi connectivity index (χ4n) is 4.17. The van der Waals surface area contributed by atoms with E-state index in [4.69, 9.17) is 4.74 Å². The van der Waals surface area contributed by atoms with Crippen molar-refractivity contribution >= 4 is 17.5 Å². The van der Waals surface area contributed by atoms with E-state index in [0.717, 1.165) is 55.3 Å². The summed E-state index contributed by atoms with van der Waals surface area (Å²) in [5, 5.41) is 6.57. The highest BCUT2D eigenvalue weighted by molar-refractivity contribution is 5.76. The van der Waals surface area contributed by atoms with Crippen molar-refractivity contribution in [3.05, 3.63) is 42.2 Å². The Morgan fingerprint density at radius 3 is 2.77 bits per heavy atom. The number of rotatable bonds is 9. The van der Waals surface area contributed by atoms with E-state index in [1.165, 1.54) is 12.8 Å². The van der Waals surface area contributed by atoms with E-state index < -0.39 is 0 Å². The van der Waals surface area contributed by atoms with E-state index in [2.05, 4.69) is 31.6 Å². The minimum Gasteiger partial charge on any atom is -0.497 e. The van der Waals surface area contributed by atoms with E-state index in [9.17, 15) is 4.79 Å². The normalized spacial score (nSPS) is 19.5. The Balaban J connectivity index is 1.25. The molecule has 2 N–H and O–H groups in total. The lowest BCUT2D eigenvalue weighted by Gasteiger charge is -2.33. The van der Waals surface area contributed by atoms with Crippen molar-refractivity contribution < 1.29 is 9.53 Å². The molecule has 1 aromatic carbocycles. The van der Waals surface area contributed by atoms with Crippen molar-refractivity contribution in [2.45, 2.75) is 57.5 Å². The molecule has 2 heterocycles. The molecule has 4 rings (SSSR count). The SMILES string of the molecule is COc1ccc([C@@H](C)NC(=O)CC[C@@H]2CCCN(c3cc(NC4CC4)ncn3)C2)cc1. The first-order chi connectivity index (χ1) is 15.1. The molecule has 0 radical (unpaired) electrons. The molecule has 1 aliphatic heterocycles. The number of amides is 1. The molecule has 0 bridgehead atoms. The largest absolute Gasteiger partial charge is 0.497 e. The molecule has 1 amide bonds. The van der Waals surface area contributed by atoms with Gasteiger partial charge in [0.1, 0.15) is 23.7 Å². The Hall–Kier alpha value is -2.83.